The third-order valence-electron chi connectivity index (χ3n) is 3.70. The van der Waals surface area contributed by atoms with Gasteiger partial charge in [-0.2, -0.15) is 0 Å². The third kappa shape index (κ3) is 4.46. The van der Waals surface area contributed by atoms with Crippen LogP contribution in [-0.2, 0) is 11.3 Å². The average molecular weight is 315 g/mol. The van der Waals surface area contributed by atoms with Gasteiger partial charge in [0.05, 0.1) is 26.9 Å². The van der Waals surface area contributed by atoms with Gasteiger partial charge < -0.3 is 14.2 Å². The molecule has 0 atom stereocenters. The van der Waals surface area contributed by atoms with E-state index in [1.165, 1.54) is 0 Å². The third-order valence-corrected chi connectivity index (χ3v) is 3.86. The zero-order valence-electron chi connectivity index (χ0n) is 12.7. The molecule has 0 spiro atoms. The van der Waals surface area contributed by atoms with Crippen molar-refractivity contribution in [3.63, 3.8) is 0 Å². The first kappa shape index (κ1) is 16.3. The Morgan fingerprint density at radius 1 is 1.29 bits per heavy atom. The molecule has 0 N–H and O–H groups in total. The van der Waals surface area contributed by atoms with E-state index in [2.05, 4.69) is 9.88 Å². The quantitative estimate of drug-likeness (QED) is 0.723. The summed E-state index contributed by atoms with van der Waals surface area (Å²) in [5, 5.41) is 0. The molecule has 0 amide bonds. The van der Waals surface area contributed by atoms with Crippen LogP contribution in [0.5, 0.6) is 11.5 Å². The Morgan fingerprint density at radius 3 is 2.67 bits per heavy atom. The molecule has 6 heteroatoms. The number of hydrogen-bond acceptors (Lipinski definition) is 5. The summed E-state index contributed by atoms with van der Waals surface area (Å²) >= 11 is 5.65. The Hall–Kier alpha value is -1.04. The standard InChI is InChI=1S/C15H23ClN2O3/c1-19-14-3-7-17-13(15(14)20-2)11-18-8-4-12(5-9-18)21-10-6-16/h3,7,12H,4-6,8-11H2,1-2H3. The molecular weight excluding hydrogens is 292 g/mol. The molecule has 1 aromatic rings. The fourth-order valence-electron chi connectivity index (χ4n) is 2.62. The van der Waals surface area contributed by atoms with Crippen LogP contribution in [-0.4, -0.2) is 55.8 Å². The summed E-state index contributed by atoms with van der Waals surface area (Å²) in [7, 11) is 3.29. The van der Waals surface area contributed by atoms with E-state index in [0.29, 0.717) is 18.6 Å². The highest BCUT2D eigenvalue weighted by atomic mass is 35.5. The first-order chi connectivity index (χ1) is 10.3. The Labute approximate surface area is 131 Å². The van der Waals surface area contributed by atoms with Crippen LogP contribution in [0.4, 0.5) is 0 Å². The summed E-state index contributed by atoms with van der Waals surface area (Å²) in [6.45, 7) is 3.39. The van der Waals surface area contributed by atoms with Crippen LogP contribution in [0.3, 0.4) is 0 Å². The van der Waals surface area contributed by atoms with E-state index in [1.54, 1.807) is 20.4 Å². The maximum atomic E-state index is 5.69. The van der Waals surface area contributed by atoms with E-state index in [0.717, 1.165) is 49.7 Å². The first-order valence-corrected chi connectivity index (χ1v) is 7.77. The zero-order valence-corrected chi connectivity index (χ0v) is 13.4. The minimum Gasteiger partial charge on any atom is -0.493 e. The summed E-state index contributed by atoms with van der Waals surface area (Å²) in [6, 6.07) is 1.81. The van der Waals surface area contributed by atoms with E-state index >= 15 is 0 Å². The maximum absolute atomic E-state index is 5.69. The molecule has 2 heterocycles. The molecule has 0 saturated carbocycles. The second-order valence-corrected chi connectivity index (χ2v) is 5.41. The highest BCUT2D eigenvalue weighted by Gasteiger charge is 2.21. The summed E-state index contributed by atoms with van der Waals surface area (Å²) < 4.78 is 16.4. The van der Waals surface area contributed by atoms with Crippen molar-refractivity contribution in [3.05, 3.63) is 18.0 Å². The van der Waals surface area contributed by atoms with Gasteiger partial charge in [-0.05, 0) is 12.8 Å². The van der Waals surface area contributed by atoms with Crippen LogP contribution in [0.25, 0.3) is 0 Å². The minimum atomic E-state index is 0.333. The van der Waals surface area contributed by atoms with Gasteiger partial charge in [-0.25, -0.2) is 0 Å². The number of rotatable bonds is 7. The van der Waals surface area contributed by atoms with Crippen molar-refractivity contribution in [2.24, 2.45) is 0 Å². The Bertz CT molecular complexity index is 437. The molecule has 1 aromatic heterocycles. The van der Waals surface area contributed by atoms with Crippen LogP contribution < -0.4 is 9.47 Å². The Balaban J connectivity index is 1.91. The van der Waals surface area contributed by atoms with Gasteiger partial charge >= 0.3 is 0 Å². The predicted octanol–water partition coefficient (Wildman–Crippen LogP) is 2.32. The van der Waals surface area contributed by atoms with Crippen LogP contribution in [0.1, 0.15) is 18.5 Å². The topological polar surface area (TPSA) is 43.8 Å². The summed E-state index contributed by atoms with van der Waals surface area (Å²) in [6.07, 6.45) is 4.15. The number of methoxy groups -OCH3 is 2. The summed E-state index contributed by atoms with van der Waals surface area (Å²) in [5.41, 5.74) is 0.914. The van der Waals surface area contributed by atoms with E-state index in [9.17, 15) is 0 Å². The van der Waals surface area contributed by atoms with Gasteiger partial charge in [0.15, 0.2) is 11.5 Å². The molecule has 1 aliphatic heterocycles. The van der Waals surface area contributed by atoms with Gasteiger partial charge in [-0.15, -0.1) is 11.6 Å². The van der Waals surface area contributed by atoms with Crippen LogP contribution in [0.2, 0.25) is 0 Å². The number of halogens is 1. The zero-order chi connectivity index (χ0) is 15.1. The highest BCUT2D eigenvalue weighted by Crippen LogP contribution is 2.30. The van der Waals surface area contributed by atoms with Gasteiger partial charge in [-0.1, -0.05) is 0 Å². The number of hydrogen-bond donors (Lipinski definition) is 0. The van der Waals surface area contributed by atoms with Crippen LogP contribution >= 0.6 is 11.6 Å². The second kappa shape index (κ2) is 8.41. The van der Waals surface area contributed by atoms with Crippen LogP contribution in [0, 0.1) is 0 Å². The molecular formula is C15H23ClN2O3. The number of pyridine rings is 1. The monoisotopic (exact) mass is 314 g/mol. The second-order valence-electron chi connectivity index (χ2n) is 5.03. The van der Waals surface area contributed by atoms with Crippen molar-refractivity contribution in [1.29, 1.82) is 0 Å². The summed E-state index contributed by atoms with van der Waals surface area (Å²) in [4.78, 5) is 6.79. The van der Waals surface area contributed by atoms with Crippen molar-refractivity contribution < 1.29 is 14.2 Å². The molecule has 0 radical (unpaired) electrons. The number of ether oxygens (including phenoxy) is 3. The van der Waals surface area contributed by atoms with Crippen molar-refractivity contribution in [2.45, 2.75) is 25.5 Å². The molecule has 0 aromatic carbocycles. The average Bonchev–Trinajstić information content (AvgIpc) is 2.54. The SMILES string of the molecule is COc1ccnc(CN2CCC(OCCCl)CC2)c1OC. The molecule has 2 rings (SSSR count). The van der Waals surface area contributed by atoms with Gasteiger partial charge in [0.1, 0.15) is 5.69 Å². The lowest BCUT2D eigenvalue weighted by atomic mass is 10.1. The fraction of sp³-hybridized carbons (Fsp3) is 0.667. The first-order valence-electron chi connectivity index (χ1n) is 7.24. The highest BCUT2D eigenvalue weighted by molar-refractivity contribution is 6.17. The molecule has 0 bridgehead atoms. The molecule has 1 fully saturated rings. The maximum Gasteiger partial charge on any atom is 0.183 e. The van der Waals surface area contributed by atoms with Gasteiger partial charge in [-0.3, -0.25) is 9.88 Å². The van der Waals surface area contributed by atoms with E-state index in [-0.39, 0.29) is 0 Å². The molecule has 0 aliphatic carbocycles. The fourth-order valence-corrected chi connectivity index (χ4v) is 2.71. The molecule has 118 valence electrons. The van der Waals surface area contributed by atoms with Crippen molar-refractivity contribution in [2.75, 3.05) is 39.8 Å². The molecule has 21 heavy (non-hydrogen) atoms. The smallest absolute Gasteiger partial charge is 0.183 e. The van der Waals surface area contributed by atoms with E-state index in [4.69, 9.17) is 25.8 Å². The van der Waals surface area contributed by atoms with Gasteiger partial charge in [0.2, 0.25) is 0 Å². The largest absolute Gasteiger partial charge is 0.493 e. The van der Waals surface area contributed by atoms with Crippen molar-refractivity contribution in [3.8, 4) is 11.5 Å². The Kier molecular flexibility index (Phi) is 6.54. The Morgan fingerprint density at radius 2 is 2.05 bits per heavy atom. The molecule has 5 nitrogen and oxygen atoms in total. The number of alkyl halides is 1. The number of likely N-dealkylation sites (tertiary alicyclic amines) is 1. The van der Waals surface area contributed by atoms with E-state index in [1.807, 2.05) is 6.07 Å². The lowest BCUT2D eigenvalue weighted by Gasteiger charge is -2.31. The molecule has 0 unspecified atom stereocenters. The van der Waals surface area contributed by atoms with Crippen molar-refractivity contribution in [1.82, 2.24) is 9.88 Å². The molecule has 1 saturated heterocycles. The number of aromatic nitrogens is 1. The van der Waals surface area contributed by atoms with Crippen molar-refractivity contribution >= 4 is 11.6 Å². The van der Waals surface area contributed by atoms with Gasteiger partial charge in [0, 0.05) is 37.8 Å². The minimum absolute atomic E-state index is 0.333. The lowest BCUT2D eigenvalue weighted by molar-refractivity contribution is 0.0130. The number of piperidine rings is 1. The normalized spacial score (nSPS) is 16.9. The van der Waals surface area contributed by atoms with E-state index < -0.39 is 0 Å². The number of nitrogens with zero attached hydrogens (tertiary/aromatic N) is 2. The molecule has 1 aliphatic rings. The van der Waals surface area contributed by atoms with Gasteiger partial charge in [0.25, 0.3) is 0 Å². The predicted molar refractivity (Wildman–Crippen MR) is 82.3 cm³/mol. The lowest BCUT2D eigenvalue weighted by Crippen LogP contribution is -2.37. The van der Waals surface area contributed by atoms with Crippen LogP contribution in [0.15, 0.2) is 12.3 Å². The summed E-state index contributed by atoms with van der Waals surface area (Å²) in [5.74, 6) is 2.01.